The van der Waals surface area contributed by atoms with Gasteiger partial charge in [-0.15, -0.1) is 0 Å². The lowest BCUT2D eigenvalue weighted by Gasteiger charge is -2.05. The van der Waals surface area contributed by atoms with E-state index in [2.05, 4.69) is 27.7 Å². The molecule has 0 aliphatic heterocycles. The average Bonchev–Trinajstić information content (AvgIpc) is 2.66. The van der Waals surface area contributed by atoms with E-state index in [4.69, 9.17) is 0 Å². The van der Waals surface area contributed by atoms with Crippen LogP contribution in [0.1, 0.15) is 32.5 Å². The Bertz CT molecular complexity index is 619. The van der Waals surface area contributed by atoms with Crippen LogP contribution in [0, 0.1) is 16.7 Å². The summed E-state index contributed by atoms with van der Waals surface area (Å²) in [5.74, 6) is 0.340. The molecule has 3 rings (SSSR count). The van der Waals surface area contributed by atoms with E-state index >= 15 is 0 Å². The van der Waals surface area contributed by atoms with Gasteiger partial charge < -0.3 is 0 Å². The SMILES string of the molecule is CC1(C)C(C(=O)n2ccc3ccccc32)C1(C)C. The lowest BCUT2D eigenvalue weighted by Crippen LogP contribution is -2.15. The van der Waals surface area contributed by atoms with Gasteiger partial charge >= 0.3 is 0 Å². The monoisotopic (exact) mass is 241 g/mol. The van der Waals surface area contributed by atoms with Gasteiger partial charge in [-0.2, -0.15) is 0 Å². The minimum Gasteiger partial charge on any atom is -0.287 e. The van der Waals surface area contributed by atoms with Crippen LogP contribution in [0.15, 0.2) is 36.5 Å². The third kappa shape index (κ3) is 1.26. The maximum absolute atomic E-state index is 12.7. The molecule has 0 spiro atoms. The molecule has 2 aromatic rings. The Balaban J connectivity index is 2.05. The number of carbonyl (C=O) groups excluding carboxylic acids is 1. The van der Waals surface area contributed by atoms with Gasteiger partial charge in [0, 0.05) is 11.6 Å². The molecule has 1 fully saturated rings. The average molecular weight is 241 g/mol. The van der Waals surface area contributed by atoms with Gasteiger partial charge in [0.05, 0.1) is 11.4 Å². The van der Waals surface area contributed by atoms with Crippen molar-refractivity contribution >= 4 is 16.8 Å². The summed E-state index contributed by atoms with van der Waals surface area (Å²) in [6.07, 6.45) is 1.90. The minimum atomic E-state index is 0.0927. The number of para-hydroxylation sites is 1. The first-order valence-electron chi connectivity index (χ1n) is 6.47. The zero-order valence-corrected chi connectivity index (χ0v) is 11.4. The summed E-state index contributed by atoms with van der Waals surface area (Å²) in [6.45, 7) is 8.73. The highest BCUT2D eigenvalue weighted by Gasteiger charge is 2.68. The smallest absolute Gasteiger partial charge is 0.235 e. The van der Waals surface area contributed by atoms with Crippen molar-refractivity contribution in [1.29, 1.82) is 0 Å². The van der Waals surface area contributed by atoms with Crippen molar-refractivity contribution in [2.75, 3.05) is 0 Å². The highest BCUT2D eigenvalue weighted by molar-refractivity contribution is 5.95. The summed E-state index contributed by atoms with van der Waals surface area (Å²) in [4.78, 5) is 12.7. The number of fused-ring (bicyclic) bond motifs is 1. The molecule has 2 heteroatoms. The summed E-state index contributed by atoms with van der Waals surface area (Å²) in [5.41, 5.74) is 1.20. The van der Waals surface area contributed by atoms with E-state index in [0.29, 0.717) is 0 Å². The molecule has 0 radical (unpaired) electrons. The largest absolute Gasteiger partial charge is 0.287 e. The van der Waals surface area contributed by atoms with Crippen molar-refractivity contribution in [3.63, 3.8) is 0 Å². The van der Waals surface area contributed by atoms with Crippen LogP contribution in [-0.4, -0.2) is 10.5 Å². The third-order valence-electron chi connectivity index (χ3n) is 5.10. The molecule has 0 saturated heterocycles. The van der Waals surface area contributed by atoms with Gasteiger partial charge in [0.15, 0.2) is 0 Å². The predicted octanol–water partition coefficient (Wildman–Crippen LogP) is 3.96. The topological polar surface area (TPSA) is 22.0 Å². The van der Waals surface area contributed by atoms with Crippen molar-refractivity contribution in [2.24, 2.45) is 16.7 Å². The molecule has 1 aromatic heterocycles. The number of nitrogens with zero attached hydrogens (tertiary/aromatic N) is 1. The molecular weight excluding hydrogens is 222 g/mol. The fourth-order valence-corrected chi connectivity index (χ4v) is 3.23. The summed E-state index contributed by atoms with van der Waals surface area (Å²) >= 11 is 0. The second kappa shape index (κ2) is 3.25. The van der Waals surface area contributed by atoms with Crippen LogP contribution in [-0.2, 0) is 0 Å². The number of hydrogen-bond acceptors (Lipinski definition) is 1. The molecule has 2 nitrogen and oxygen atoms in total. The molecule has 1 aromatic carbocycles. The van der Waals surface area contributed by atoms with Crippen molar-refractivity contribution in [1.82, 2.24) is 4.57 Å². The predicted molar refractivity (Wildman–Crippen MR) is 73.6 cm³/mol. The highest BCUT2D eigenvalue weighted by atomic mass is 16.2. The van der Waals surface area contributed by atoms with E-state index in [-0.39, 0.29) is 22.7 Å². The van der Waals surface area contributed by atoms with Gasteiger partial charge in [-0.1, -0.05) is 45.9 Å². The number of aromatic nitrogens is 1. The second-order valence-electron chi connectivity index (χ2n) is 6.46. The zero-order chi connectivity index (χ0) is 13.1. The van der Waals surface area contributed by atoms with Gasteiger partial charge in [0.25, 0.3) is 0 Å². The molecule has 0 unspecified atom stereocenters. The lowest BCUT2D eigenvalue weighted by molar-refractivity contribution is 0.0867. The zero-order valence-electron chi connectivity index (χ0n) is 11.4. The molecule has 0 bridgehead atoms. The summed E-state index contributed by atoms with van der Waals surface area (Å²) in [5, 5.41) is 1.13. The third-order valence-corrected chi connectivity index (χ3v) is 5.10. The second-order valence-corrected chi connectivity index (χ2v) is 6.46. The summed E-state index contributed by atoms with van der Waals surface area (Å²) in [6, 6.07) is 10.0. The van der Waals surface area contributed by atoms with Gasteiger partial charge in [0.1, 0.15) is 0 Å². The van der Waals surface area contributed by atoms with Crippen LogP contribution in [0.3, 0.4) is 0 Å². The van der Waals surface area contributed by atoms with E-state index in [9.17, 15) is 4.79 Å². The van der Waals surface area contributed by atoms with Crippen LogP contribution in [0.5, 0.6) is 0 Å². The van der Waals surface area contributed by atoms with Crippen molar-refractivity contribution in [2.45, 2.75) is 27.7 Å². The highest BCUT2D eigenvalue weighted by Crippen LogP contribution is 2.68. The Hall–Kier alpha value is -1.57. The molecule has 1 heterocycles. The Morgan fingerprint density at radius 3 is 2.28 bits per heavy atom. The first kappa shape index (κ1) is 11.5. The number of carbonyl (C=O) groups is 1. The van der Waals surface area contributed by atoms with Crippen LogP contribution in [0.25, 0.3) is 10.9 Å². The standard InChI is InChI=1S/C16H19NO/c1-15(2)13(16(15,3)4)14(18)17-10-9-11-7-5-6-8-12(11)17/h5-10,13H,1-4H3. The van der Waals surface area contributed by atoms with Crippen molar-refractivity contribution < 1.29 is 4.79 Å². The molecule has 0 amide bonds. The van der Waals surface area contributed by atoms with E-state index in [1.54, 1.807) is 0 Å². The molecule has 1 saturated carbocycles. The van der Waals surface area contributed by atoms with Gasteiger partial charge in [0.2, 0.25) is 5.91 Å². The maximum Gasteiger partial charge on any atom is 0.235 e. The molecular formula is C16H19NO. The Morgan fingerprint density at radius 2 is 1.67 bits per heavy atom. The quantitative estimate of drug-likeness (QED) is 0.740. The van der Waals surface area contributed by atoms with E-state index in [0.717, 1.165) is 10.9 Å². The van der Waals surface area contributed by atoms with Crippen LogP contribution in [0.4, 0.5) is 0 Å². The molecule has 1 aliphatic rings. The Labute approximate surface area is 108 Å². The Kier molecular flexibility index (Phi) is 2.08. The van der Waals surface area contributed by atoms with Crippen LogP contribution >= 0.6 is 0 Å². The van der Waals surface area contributed by atoms with E-state index < -0.39 is 0 Å². The van der Waals surface area contributed by atoms with Crippen LogP contribution < -0.4 is 0 Å². The summed E-state index contributed by atoms with van der Waals surface area (Å²) < 4.78 is 1.82. The first-order chi connectivity index (χ1) is 8.37. The van der Waals surface area contributed by atoms with Crippen molar-refractivity contribution in [3.8, 4) is 0 Å². The normalized spacial score (nSPS) is 21.1. The first-order valence-corrected chi connectivity index (χ1v) is 6.47. The lowest BCUT2D eigenvalue weighted by atomic mass is 10.0. The van der Waals surface area contributed by atoms with E-state index in [1.807, 2.05) is 41.1 Å². The van der Waals surface area contributed by atoms with Gasteiger partial charge in [-0.05, 0) is 23.0 Å². The molecule has 0 N–H and O–H groups in total. The molecule has 18 heavy (non-hydrogen) atoms. The van der Waals surface area contributed by atoms with E-state index in [1.165, 1.54) is 0 Å². The van der Waals surface area contributed by atoms with Crippen molar-refractivity contribution in [3.05, 3.63) is 36.5 Å². The number of benzene rings is 1. The number of rotatable bonds is 1. The molecule has 94 valence electrons. The fraction of sp³-hybridized carbons (Fsp3) is 0.438. The van der Waals surface area contributed by atoms with Gasteiger partial charge in [-0.3, -0.25) is 9.36 Å². The minimum absolute atomic E-state index is 0.0927. The maximum atomic E-state index is 12.7. The molecule has 1 aliphatic carbocycles. The Morgan fingerprint density at radius 1 is 1.06 bits per heavy atom. The fourth-order valence-electron chi connectivity index (χ4n) is 3.23. The van der Waals surface area contributed by atoms with Crippen LogP contribution in [0.2, 0.25) is 0 Å². The number of hydrogen-bond donors (Lipinski definition) is 0. The molecule has 0 atom stereocenters. The van der Waals surface area contributed by atoms with Gasteiger partial charge in [-0.25, -0.2) is 0 Å². The summed E-state index contributed by atoms with van der Waals surface area (Å²) in [7, 11) is 0.